The number of hydrogen-bond acceptors (Lipinski definition) is 3. The molecule has 0 unspecified atom stereocenters. The number of likely N-dealkylation sites (tertiary alicyclic amines) is 1. The summed E-state index contributed by atoms with van der Waals surface area (Å²) < 4.78 is 1.84. The molecule has 2 heterocycles. The van der Waals surface area contributed by atoms with E-state index in [1.165, 1.54) is 0 Å². The molecule has 0 saturated carbocycles. The van der Waals surface area contributed by atoms with E-state index < -0.39 is 5.97 Å². The Labute approximate surface area is 94.7 Å². The molecule has 5 nitrogen and oxygen atoms in total. The second kappa shape index (κ2) is 4.25. The average molecular weight is 223 g/mol. The molecule has 1 atom stereocenters. The van der Waals surface area contributed by atoms with Crippen LogP contribution in [0.2, 0.25) is 0 Å². The van der Waals surface area contributed by atoms with Crippen LogP contribution in [0.25, 0.3) is 0 Å². The molecule has 2 rings (SSSR count). The summed E-state index contributed by atoms with van der Waals surface area (Å²) in [6.07, 6.45) is 2.05. The van der Waals surface area contributed by atoms with Crippen LogP contribution in [0.1, 0.15) is 30.3 Å². The SMILES string of the molecule is Cc1cc([C@@H]2CCCN2CC(=O)O)nn1C. The lowest BCUT2D eigenvalue weighted by molar-refractivity contribution is -0.138. The van der Waals surface area contributed by atoms with Crippen molar-refractivity contribution >= 4 is 5.97 Å². The van der Waals surface area contributed by atoms with Crippen molar-refractivity contribution in [3.63, 3.8) is 0 Å². The molecule has 1 saturated heterocycles. The van der Waals surface area contributed by atoms with Gasteiger partial charge in [0.2, 0.25) is 0 Å². The van der Waals surface area contributed by atoms with E-state index >= 15 is 0 Å². The predicted octanol–water partition coefficient (Wildman–Crippen LogP) is 0.950. The molecular weight excluding hydrogens is 206 g/mol. The van der Waals surface area contributed by atoms with Gasteiger partial charge in [0.05, 0.1) is 18.3 Å². The topological polar surface area (TPSA) is 58.4 Å². The first-order valence-corrected chi connectivity index (χ1v) is 5.54. The Morgan fingerprint density at radius 2 is 2.44 bits per heavy atom. The fraction of sp³-hybridized carbons (Fsp3) is 0.636. The highest BCUT2D eigenvalue weighted by Gasteiger charge is 2.29. The number of carbonyl (C=O) groups is 1. The van der Waals surface area contributed by atoms with E-state index in [-0.39, 0.29) is 12.6 Å². The minimum atomic E-state index is -0.764. The van der Waals surface area contributed by atoms with Crippen molar-refractivity contribution in [1.82, 2.24) is 14.7 Å². The molecule has 0 spiro atoms. The van der Waals surface area contributed by atoms with Crippen LogP contribution in [0.3, 0.4) is 0 Å². The van der Waals surface area contributed by atoms with Crippen molar-refractivity contribution < 1.29 is 9.90 Å². The van der Waals surface area contributed by atoms with E-state index in [9.17, 15) is 4.79 Å². The first-order chi connectivity index (χ1) is 7.58. The molecule has 1 aliphatic rings. The zero-order valence-electron chi connectivity index (χ0n) is 9.68. The molecule has 0 aromatic carbocycles. The maximum Gasteiger partial charge on any atom is 0.317 e. The zero-order valence-corrected chi connectivity index (χ0v) is 9.68. The highest BCUT2D eigenvalue weighted by atomic mass is 16.4. The van der Waals surface area contributed by atoms with Gasteiger partial charge in [0, 0.05) is 12.7 Å². The quantitative estimate of drug-likeness (QED) is 0.829. The van der Waals surface area contributed by atoms with Crippen LogP contribution in [-0.4, -0.2) is 38.8 Å². The van der Waals surface area contributed by atoms with Gasteiger partial charge in [-0.15, -0.1) is 0 Å². The van der Waals surface area contributed by atoms with Crippen LogP contribution in [0, 0.1) is 6.92 Å². The zero-order chi connectivity index (χ0) is 11.7. The third-order valence-electron chi connectivity index (χ3n) is 3.18. The third kappa shape index (κ3) is 2.09. The summed E-state index contributed by atoms with van der Waals surface area (Å²) >= 11 is 0. The smallest absolute Gasteiger partial charge is 0.317 e. The van der Waals surface area contributed by atoms with E-state index in [0.29, 0.717) is 0 Å². The molecule has 1 aromatic heterocycles. The Morgan fingerprint density at radius 3 is 3.00 bits per heavy atom. The largest absolute Gasteiger partial charge is 0.480 e. The lowest BCUT2D eigenvalue weighted by Gasteiger charge is -2.20. The van der Waals surface area contributed by atoms with E-state index in [1.807, 2.05) is 29.6 Å². The van der Waals surface area contributed by atoms with Gasteiger partial charge in [-0.3, -0.25) is 14.4 Å². The van der Waals surface area contributed by atoms with Gasteiger partial charge in [-0.05, 0) is 32.4 Å². The molecule has 1 fully saturated rings. The summed E-state index contributed by atoms with van der Waals surface area (Å²) in [5, 5.41) is 13.3. The molecule has 0 amide bonds. The first kappa shape index (κ1) is 11.1. The van der Waals surface area contributed by atoms with Gasteiger partial charge in [0.1, 0.15) is 0 Å². The van der Waals surface area contributed by atoms with Gasteiger partial charge in [-0.2, -0.15) is 5.10 Å². The highest BCUT2D eigenvalue weighted by molar-refractivity contribution is 5.69. The molecule has 0 aliphatic carbocycles. The number of nitrogens with zero attached hydrogens (tertiary/aromatic N) is 3. The summed E-state index contributed by atoms with van der Waals surface area (Å²) in [6, 6.07) is 2.22. The monoisotopic (exact) mass is 223 g/mol. The molecule has 1 aliphatic heterocycles. The van der Waals surface area contributed by atoms with Crippen molar-refractivity contribution in [2.24, 2.45) is 7.05 Å². The van der Waals surface area contributed by atoms with E-state index in [4.69, 9.17) is 5.11 Å². The maximum atomic E-state index is 10.7. The fourth-order valence-corrected chi connectivity index (χ4v) is 2.28. The van der Waals surface area contributed by atoms with Crippen molar-refractivity contribution in [3.05, 3.63) is 17.5 Å². The molecule has 0 bridgehead atoms. The number of aryl methyl sites for hydroxylation is 2. The maximum absolute atomic E-state index is 10.7. The first-order valence-electron chi connectivity index (χ1n) is 5.54. The van der Waals surface area contributed by atoms with Crippen molar-refractivity contribution in [2.75, 3.05) is 13.1 Å². The third-order valence-corrected chi connectivity index (χ3v) is 3.18. The van der Waals surface area contributed by atoms with Gasteiger partial charge in [-0.25, -0.2) is 0 Å². The van der Waals surface area contributed by atoms with Crippen LogP contribution >= 0.6 is 0 Å². The van der Waals surface area contributed by atoms with Crippen LogP contribution in [0.15, 0.2) is 6.07 Å². The van der Waals surface area contributed by atoms with Gasteiger partial charge >= 0.3 is 5.97 Å². The lowest BCUT2D eigenvalue weighted by Crippen LogP contribution is -2.29. The second-order valence-corrected chi connectivity index (χ2v) is 4.36. The van der Waals surface area contributed by atoms with Gasteiger partial charge < -0.3 is 5.11 Å². The fourth-order valence-electron chi connectivity index (χ4n) is 2.28. The second-order valence-electron chi connectivity index (χ2n) is 4.36. The molecule has 16 heavy (non-hydrogen) atoms. The summed E-state index contributed by atoms with van der Waals surface area (Å²) in [7, 11) is 1.91. The summed E-state index contributed by atoms with van der Waals surface area (Å²) in [5.41, 5.74) is 2.11. The number of hydrogen-bond donors (Lipinski definition) is 1. The highest BCUT2D eigenvalue weighted by Crippen LogP contribution is 2.30. The van der Waals surface area contributed by atoms with Crippen molar-refractivity contribution in [3.8, 4) is 0 Å². The Balaban J connectivity index is 2.16. The van der Waals surface area contributed by atoms with E-state index in [1.54, 1.807) is 0 Å². The number of rotatable bonds is 3. The van der Waals surface area contributed by atoms with Crippen LogP contribution < -0.4 is 0 Å². The molecule has 5 heteroatoms. The van der Waals surface area contributed by atoms with Crippen LogP contribution in [0.4, 0.5) is 0 Å². The lowest BCUT2D eigenvalue weighted by atomic mass is 10.1. The van der Waals surface area contributed by atoms with E-state index in [2.05, 4.69) is 5.10 Å². The predicted molar refractivity (Wildman–Crippen MR) is 59.1 cm³/mol. The summed E-state index contributed by atoms with van der Waals surface area (Å²) in [4.78, 5) is 12.7. The Bertz CT molecular complexity index is 380. The summed E-state index contributed by atoms with van der Waals surface area (Å²) in [5.74, 6) is -0.764. The number of carboxylic acids is 1. The van der Waals surface area contributed by atoms with E-state index in [0.717, 1.165) is 30.8 Å². The van der Waals surface area contributed by atoms with Crippen LogP contribution in [-0.2, 0) is 11.8 Å². The summed E-state index contributed by atoms with van der Waals surface area (Å²) in [6.45, 7) is 2.97. The number of carboxylic acid groups (broad SMARTS) is 1. The molecular formula is C11H17N3O2. The molecule has 1 aromatic rings. The number of aliphatic carboxylic acids is 1. The van der Waals surface area contributed by atoms with Crippen molar-refractivity contribution in [1.29, 1.82) is 0 Å². The Morgan fingerprint density at radius 1 is 1.69 bits per heavy atom. The molecule has 1 N–H and O–H groups in total. The minimum Gasteiger partial charge on any atom is -0.480 e. The van der Waals surface area contributed by atoms with Crippen molar-refractivity contribution in [2.45, 2.75) is 25.8 Å². The Kier molecular flexibility index (Phi) is 2.96. The normalized spacial score (nSPS) is 21.5. The Hall–Kier alpha value is -1.36. The van der Waals surface area contributed by atoms with Gasteiger partial charge in [-0.1, -0.05) is 0 Å². The number of aromatic nitrogens is 2. The standard InChI is InChI=1S/C11H17N3O2/c1-8-6-9(12-13(8)2)10-4-3-5-14(10)7-11(15)16/h6,10H,3-5,7H2,1-2H3,(H,15,16)/t10-/m0/s1. The average Bonchev–Trinajstić information content (AvgIpc) is 2.74. The van der Waals surface area contributed by atoms with Gasteiger partial charge in [0.25, 0.3) is 0 Å². The van der Waals surface area contributed by atoms with Crippen LogP contribution in [0.5, 0.6) is 0 Å². The van der Waals surface area contributed by atoms with Gasteiger partial charge in [0.15, 0.2) is 0 Å². The minimum absolute atomic E-state index is 0.111. The molecule has 88 valence electrons. The molecule has 0 radical (unpaired) electrons.